The van der Waals surface area contributed by atoms with E-state index in [1.165, 1.54) is 5.69 Å². The molecule has 1 aromatic carbocycles. The van der Waals surface area contributed by atoms with Crippen LogP contribution in [0.25, 0.3) is 17.0 Å². The first-order chi connectivity index (χ1) is 10.8. The first-order valence-electron chi connectivity index (χ1n) is 7.73. The van der Waals surface area contributed by atoms with Crippen molar-refractivity contribution in [3.63, 3.8) is 0 Å². The third kappa shape index (κ3) is 2.54. The molecule has 0 fully saturated rings. The van der Waals surface area contributed by atoms with Crippen LogP contribution in [0.4, 0.5) is 0 Å². The van der Waals surface area contributed by atoms with Crippen molar-refractivity contribution in [2.45, 2.75) is 33.6 Å². The van der Waals surface area contributed by atoms with Crippen molar-refractivity contribution in [1.82, 2.24) is 19.6 Å². The van der Waals surface area contributed by atoms with E-state index in [2.05, 4.69) is 33.4 Å². The lowest BCUT2D eigenvalue weighted by Gasteiger charge is -2.05. The largest absolute Gasteiger partial charge is 0.494 e. The standard InChI is InChI=1S/C17H20N4O/c1-4-14-16(5-2)21-11-15(18-17(21)20-19-14)12-7-9-13(10-8-12)22-6-3/h7-11H,4-6H2,1-3H3. The van der Waals surface area contributed by atoms with Crippen LogP contribution in [0.15, 0.2) is 30.5 Å². The maximum Gasteiger partial charge on any atom is 0.254 e. The molecule has 0 bridgehead atoms. The number of fused-ring (bicyclic) bond motifs is 1. The number of imidazole rings is 1. The molecule has 5 nitrogen and oxygen atoms in total. The summed E-state index contributed by atoms with van der Waals surface area (Å²) in [6, 6.07) is 7.97. The lowest BCUT2D eigenvalue weighted by molar-refractivity contribution is 0.340. The van der Waals surface area contributed by atoms with Gasteiger partial charge >= 0.3 is 0 Å². The fraction of sp³-hybridized carbons (Fsp3) is 0.353. The van der Waals surface area contributed by atoms with Crippen LogP contribution in [0.5, 0.6) is 5.75 Å². The molecule has 0 aliphatic heterocycles. The van der Waals surface area contributed by atoms with Gasteiger partial charge in [0.15, 0.2) is 0 Å². The number of hydrogen-bond donors (Lipinski definition) is 0. The third-order valence-corrected chi connectivity index (χ3v) is 3.70. The molecule has 5 heteroatoms. The summed E-state index contributed by atoms with van der Waals surface area (Å²) >= 11 is 0. The molecule has 0 spiro atoms. The summed E-state index contributed by atoms with van der Waals surface area (Å²) in [4.78, 5) is 4.59. The molecule has 0 saturated heterocycles. The summed E-state index contributed by atoms with van der Waals surface area (Å²) < 4.78 is 7.53. The molecular formula is C17H20N4O. The minimum Gasteiger partial charge on any atom is -0.494 e. The second-order valence-corrected chi connectivity index (χ2v) is 5.05. The lowest BCUT2D eigenvalue weighted by atomic mass is 10.1. The summed E-state index contributed by atoms with van der Waals surface area (Å²) in [5.41, 5.74) is 4.16. The summed E-state index contributed by atoms with van der Waals surface area (Å²) in [6.07, 6.45) is 3.83. The summed E-state index contributed by atoms with van der Waals surface area (Å²) in [5.74, 6) is 1.52. The molecule has 0 saturated carbocycles. The van der Waals surface area contributed by atoms with Crippen LogP contribution in [-0.2, 0) is 12.8 Å². The minimum absolute atomic E-state index is 0.651. The zero-order valence-electron chi connectivity index (χ0n) is 13.2. The Bertz CT molecular complexity index is 777. The van der Waals surface area contributed by atoms with Crippen LogP contribution < -0.4 is 4.74 Å². The number of rotatable bonds is 5. The Morgan fingerprint density at radius 1 is 1.00 bits per heavy atom. The third-order valence-electron chi connectivity index (χ3n) is 3.70. The SMILES string of the molecule is CCOc1ccc(-c2cn3c(CC)c(CC)nnc3n2)cc1. The van der Waals surface area contributed by atoms with Crippen molar-refractivity contribution >= 4 is 5.78 Å². The first-order valence-corrected chi connectivity index (χ1v) is 7.73. The van der Waals surface area contributed by atoms with Gasteiger partial charge in [-0.15, -0.1) is 5.10 Å². The smallest absolute Gasteiger partial charge is 0.254 e. The molecule has 0 unspecified atom stereocenters. The van der Waals surface area contributed by atoms with Crippen molar-refractivity contribution in [3.05, 3.63) is 41.9 Å². The summed E-state index contributed by atoms with van der Waals surface area (Å²) in [6.45, 7) is 6.88. The Labute approximate surface area is 130 Å². The van der Waals surface area contributed by atoms with Gasteiger partial charge in [-0.2, -0.15) is 5.10 Å². The highest BCUT2D eigenvalue weighted by atomic mass is 16.5. The Balaban J connectivity index is 2.04. The summed E-state index contributed by atoms with van der Waals surface area (Å²) in [7, 11) is 0. The molecular weight excluding hydrogens is 276 g/mol. The van der Waals surface area contributed by atoms with Crippen LogP contribution >= 0.6 is 0 Å². The second-order valence-electron chi connectivity index (χ2n) is 5.05. The highest BCUT2D eigenvalue weighted by Crippen LogP contribution is 2.23. The van der Waals surface area contributed by atoms with Crippen LogP contribution in [0.1, 0.15) is 32.2 Å². The van der Waals surface area contributed by atoms with Gasteiger partial charge < -0.3 is 4.74 Å². The van der Waals surface area contributed by atoms with E-state index in [4.69, 9.17) is 4.74 Å². The van der Waals surface area contributed by atoms with Crippen molar-refractivity contribution in [3.8, 4) is 17.0 Å². The number of aromatic nitrogens is 4. The predicted molar refractivity (Wildman–Crippen MR) is 86.1 cm³/mol. The molecule has 2 heterocycles. The van der Waals surface area contributed by atoms with Crippen molar-refractivity contribution in [2.24, 2.45) is 0 Å². The highest BCUT2D eigenvalue weighted by Gasteiger charge is 2.11. The van der Waals surface area contributed by atoms with Crippen molar-refractivity contribution in [1.29, 1.82) is 0 Å². The Kier molecular flexibility index (Phi) is 4.04. The lowest BCUT2D eigenvalue weighted by Crippen LogP contribution is -2.05. The second kappa shape index (κ2) is 6.13. The number of ether oxygens (including phenoxy) is 1. The molecule has 0 aliphatic carbocycles. The van der Waals surface area contributed by atoms with Gasteiger partial charge in [-0.25, -0.2) is 4.98 Å². The number of nitrogens with zero attached hydrogens (tertiary/aromatic N) is 4. The van der Waals surface area contributed by atoms with Crippen LogP contribution in [0.2, 0.25) is 0 Å². The fourth-order valence-corrected chi connectivity index (χ4v) is 2.62. The molecule has 0 aliphatic rings. The maximum absolute atomic E-state index is 5.47. The van der Waals surface area contributed by atoms with E-state index in [1.807, 2.05) is 37.4 Å². The van der Waals surface area contributed by atoms with Crippen LogP contribution in [-0.4, -0.2) is 26.2 Å². The molecule has 0 amide bonds. The van der Waals surface area contributed by atoms with E-state index < -0.39 is 0 Å². The molecule has 22 heavy (non-hydrogen) atoms. The van der Waals surface area contributed by atoms with E-state index in [-0.39, 0.29) is 0 Å². The van der Waals surface area contributed by atoms with Gasteiger partial charge in [-0.3, -0.25) is 4.40 Å². The van der Waals surface area contributed by atoms with Crippen LogP contribution in [0, 0.1) is 0 Å². The average molecular weight is 296 g/mol. The molecule has 0 radical (unpaired) electrons. The quantitative estimate of drug-likeness (QED) is 0.725. The van der Waals surface area contributed by atoms with Gasteiger partial charge in [0.2, 0.25) is 0 Å². The molecule has 0 N–H and O–H groups in total. The van der Waals surface area contributed by atoms with Gasteiger partial charge in [0.1, 0.15) is 5.75 Å². The molecule has 3 aromatic rings. The van der Waals surface area contributed by atoms with Gasteiger partial charge in [0.05, 0.1) is 18.0 Å². The Hall–Kier alpha value is -2.43. The van der Waals surface area contributed by atoms with Crippen molar-refractivity contribution in [2.75, 3.05) is 6.61 Å². The number of hydrogen-bond acceptors (Lipinski definition) is 4. The van der Waals surface area contributed by atoms with E-state index in [0.717, 1.165) is 35.5 Å². The molecule has 0 atom stereocenters. The van der Waals surface area contributed by atoms with E-state index >= 15 is 0 Å². The topological polar surface area (TPSA) is 52.3 Å². The number of benzene rings is 1. The first kappa shape index (κ1) is 14.5. The molecule has 3 rings (SSSR count). The van der Waals surface area contributed by atoms with Gasteiger partial charge in [-0.1, -0.05) is 13.8 Å². The van der Waals surface area contributed by atoms with E-state index in [1.54, 1.807) is 0 Å². The minimum atomic E-state index is 0.651. The predicted octanol–water partition coefficient (Wildman–Crippen LogP) is 3.31. The average Bonchev–Trinajstić information content (AvgIpc) is 2.99. The normalized spacial score (nSPS) is 11.0. The zero-order valence-corrected chi connectivity index (χ0v) is 13.2. The maximum atomic E-state index is 5.47. The van der Waals surface area contributed by atoms with Crippen molar-refractivity contribution < 1.29 is 4.74 Å². The zero-order chi connectivity index (χ0) is 15.5. The van der Waals surface area contributed by atoms with Gasteiger partial charge in [0.25, 0.3) is 5.78 Å². The van der Waals surface area contributed by atoms with Gasteiger partial charge in [0, 0.05) is 17.5 Å². The van der Waals surface area contributed by atoms with Gasteiger partial charge in [-0.05, 0) is 44.0 Å². The molecule has 2 aromatic heterocycles. The number of aryl methyl sites for hydroxylation is 2. The monoisotopic (exact) mass is 296 g/mol. The van der Waals surface area contributed by atoms with Crippen LogP contribution in [0.3, 0.4) is 0 Å². The Morgan fingerprint density at radius 2 is 1.77 bits per heavy atom. The fourth-order valence-electron chi connectivity index (χ4n) is 2.62. The Morgan fingerprint density at radius 3 is 2.41 bits per heavy atom. The van der Waals surface area contributed by atoms with E-state index in [0.29, 0.717) is 12.4 Å². The highest BCUT2D eigenvalue weighted by molar-refractivity contribution is 5.62. The molecule has 114 valence electrons. The van der Waals surface area contributed by atoms with E-state index in [9.17, 15) is 0 Å². The summed E-state index contributed by atoms with van der Waals surface area (Å²) in [5, 5.41) is 8.52.